The van der Waals surface area contributed by atoms with E-state index in [-0.39, 0.29) is 9.80 Å². The number of hydrogen-bond acceptors (Lipinski definition) is 4. The van der Waals surface area contributed by atoms with Gasteiger partial charge in [0.2, 0.25) is 9.84 Å². The number of nitrogens with zero attached hydrogens (tertiary/aromatic N) is 2. The van der Waals surface area contributed by atoms with Crippen LogP contribution < -0.4 is 0 Å². The Labute approximate surface area is 170 Å². The SMILES string of the molecule is CCC(C)N(C1=C/C(=C(\C#N)S(=O)(=O)c2ccc(C)cc2)CCC1)C(C)CC. The summed E-state index contributed by atoms with van der Waals surface area (Å²) >= 11 is 0. The molecular weight excluding hydrogens is 368 g/mol. The fraction of sp³-hybridized carbons (Fsp3) is 0.522. The van der Waals surface area contributed by atoms with Gasteiger partial charge >= 0.3 is 0 Å². The molecule has 5 heteroatoms. The summed E-state index contributed by atoms with van der Waals surface area (Å²) in [6.45, 7) is 10.7. The Bertz CT molecular complexity index is 880. The maximum atomic E-state index is 13.1. The molecule has 1 aromatic rings. The van der Waals surface area contributed by atoms with Crippen LogP contribution in [0.5, 0.6) is 0 Å². The van der Waals surface area contributed by atoms with E-state index in [1.165, 1.54) is 0 Å². The van der Waals surface area contributed by atoms with E-state index in [1.54, 1.807) is 24.3 Å². The number of hydrogen-bond donors (Lipinski definition) is 0. The Morgan fingerprint density at radius 2 is 1.68 bits per heavy atom. The lowest BCUT2D eigenvalue weighted by atomic mass is 9.95. The van der Waals surface area contributed by atoms with Gasteiger partial charge in [0.05, 0.1) is 4.90 Å². The van der Waals surface area contributed by atoms with Crippen molar-refractivity contribution < 1.29 is 8.42 Å². The minimum Gasteiger partial charge on any atom is -0.369 e. The molecule has 0 spiro atoms. The van der Waals surface area contributed by atoms with E-state index in [0.29, 0.717) is 24.1 Å². The molecule has 28 heavy (non-hydrogen) atoms. The van der Waals surface area contributed by atoms with E-state index < -0.39 is 9.84 Å². The molecule has 1 aliphatic rings. The van der Waals surface area contributed by atoms with E-state index in [0.717, 1.165) is 36.9 Å². The van der Waals surface area contributed by atoms with Crippen LogP contribution in [0.4, 0.5) is 0 Å². The molecule has 0 saturated carbocycles. The second kappa shape index (κ2) is 9.43. The van der Waals surface area contributed by atoms with Gasteiger partial charge in [0.25, 0.3) is 0 Å². The molecule has 2 rings (SSSR count). The number of nitriles is 1. The molecule has 0 N–H and O–H groups in total. The average Bonchev–Trinajstić information content (AvgIpc) is 2.68. The van der Waals surface area contributed by atoms with Crippen LogP contribution in [-0.4, -0.2) is 25.4 Å². The molecule has 1 aliphatic carbocycles. The average molecular weight is 401 g/mol. The van der Waals surface area contributed by atoms with Gasteiger partial charge in [-0.25, -0.2) is 8.42 Å². The van der Waals surface area contributed by atoms with Crippen molar-refractivity contribution in [1.82, 2.24) is 4.90 Å². The molecule has 152 valence electrons. The van der Waals surface area contributed by atoms with E-state index in [2.05, 4.69) is 32.6 Å². The molecule has 2 atom stereocenters. The van der Waals surface area contributed by atoms with Gasteiger partial charge in [-0.15, -0.1) is 0 Å². The first-order valence-corrected chi connectivity index (χ1v) is 11.7. The smallest absolute Gasteiger partial charge is 0.216 e. The highest BCUT2D eigenvalue weighted by atomic mass is 32.2. The van der Waals surface area contributed by atoms with Gasteiger partial charge in [0.15, 0.2) is 4.91 Å². The van der Waals surface area contributed by atoms with Crippen LogP contribution in [0.25, 0.3) is 0 Å². The second-order valence-corrected chi connectivity index (χ2v) is 9.58. The van der Waals surface area contributed by atoms with Gasteiger partial charge in [-0.3, -0.25) is 0 Å². The maximum absolute atomic E-state index is 13.1. The summed E-state index contributed by atoms with van der Waals surface area (Å²) in [5, 5.41) is 9.74. The summed E-state index contributed by atoms with van der Waals surface area (Å²) in [5.41, 5.74) is 2.78. The van der Waals surface area contributed by atoms with E-state index >= 15 is 0 Å². The lowest BCUT2D eigenvalue weighted by Gasteiger charge is -2.39. The van der Waals surface area contributed by atoms with Crippen molar-refractivity contribution in [3.8, 4) is 6.07 Å². The molecule has 0 amide bonds. The highest BCUT2D eigenvalue weighted by Gasteiger charge is 2.28. The third-order valence-electron chi connectivity index (χ3n) is 5.68. The highest BCUT2D eigenvalue weighted by molar-refractivity contribution is 7.95. The molecule has 0 aromatic heterocycles. The Kier molecular flexibility index (Phi) is 7.48. The standard InChI is InChI=1S/C23H32N2O2S/c1-6-18(4)25(19(5)7-2)21-10-8-9-20(15-21)23(16-24)28(26,27)22-13-11-17(3)12-14-22/h11-15,18-19H,6-10H2,1-5H3/b23-20+. The third kappa shape index (κ3) is 4.67. The molecule has 0 heterocycles. The van der Waals surface area contributed by atoms with Gasteiger partial charge in [-0.05, 0) is 76.7 Å². The lowest BCUT2D eigenvalue weighted by Crippen LogP contribution is -2.39. The van der Waals surface area contributed by atoms with Gasteiger partial charge in [-0.2, -0.15) is 5.26 Å². The number of aryl methyl sites for hydroxylation is 1. The fourth-order valence-corrected chi connectivity index (χ4v) is 5.08. The van der Waals surface area contributed by atoms with Crippen LogP contribution >= 0.6 is 0 Å². The summed E-state index contributed by atoms with van der Waals surface area (Å²) in [6, 6.07) is 9.45. The summed E-state index contributed by atoms with van der Waals surface area (Å²) in [5.74, 6) is 0. The van der Waals surface area contributed by atoms with Gasteiger partial charge in [0.1, 0.15) is 6.07 Å². The lowest BCUT2D eigenvalue weighted by molar-refractivity contribution is 0.187. The van der Waals surface area contributed by atoms with Crippen molar-refractivity contribution in [1.29, 1.82) is 5.26 Å². The van der Waals surface area contributed by atoms with Crippen molar-refractivity contribution in [2.24, 2.45) is 0 Å². The van der Waals surface area contributed by atoms with Crippen LogP contribution in [-0.2, 0) is 9.84 Å². The minimum atomic E-state index is -3.81. The zero-order valence-corrected chi connectivity index (χ0v) is 18.5. The number of benzene rings is 1. The van der Waals surface area contributed by atoms with Crippen LogP contribution in [0.1, 0.15) is 65.4 Å². The third-order valence-corrected chi connectivity index (χ3v) is 7.46. The van der Waals surface area contributed by atoms with Gasteiger partial charge in [0, 0.05) is 17.8 Å². The maximum Gasteiger partial charge on any atom is 0.216 e. The van der Waals surface area contributed by atoms with Crippen LogP contribution in [0.2, 0.25) is 0 Å². The van der Waals surface area contributed by atoms with E-state index in [9.17, 15) is 13.7 Å². The molecule has 2 unspecified atom stereocenters. The molecule has 0 fully saturated rings. The Balaban J connectivity index is 2.55. The first-order valence-electron chi connectivity index (χ1n) is 10.2. The molecule has 1 aromatic carbocycles. The number of rotatable bonds is 7. The van der Waals surface area contributed by atoms with Crippen molar-refractivity contribution in [3.05, 3.63) is 52.1 Å². The predicted octanol–water partition coefficient (Wildman–Crippen LogP) is 5.51. The van der Waals surface area contributed by atoms with Crippen LogP contribution in [0.3, 0.4) is 0 Å². The monoisotopic (exact) mass is 400 g/mol. The molecule has 0 aliphatic heterocycles. The summed E-state index contributed by atoms with van der Waals surface area (Å²) in [7, 11) is -3.81. The summed E-state index contributed by atoms with van der Waals surface area (Å²) < 4.78 is 26.2. The first-order chi connectivity index (χ1) is 13.3. The quantitative estimate of drug-likeness (QED) is 0.566. The fourth-order valence-electron chi connectivity index (χ4n) is 3.72. The van der Waals surface area contributed by atoms with Gasteiger partial charge < -0.3 is 4.90 Å². The molecule has 4 nitrogen and oxygen atoms in total. The summed E-state index contributed by atoms with van der Waals surface area (Å²) in [4.78, 5) is 2.48. The zero-order chi connectivity index (χ0) is 20.9. The second-order valence-electron chi connectivity index (χ2n) is 7.69. The van der Waals surface area contributed by atoms with Crippen molar-refractivity contribution in [3.63, 3.8) is 0 Å². The topological polar surface area (TPSA) is 61.2 Å². The highest BCUT2D eigenvalue weighted by Crippen LogP contribution is 2.33. The number of sulfone groups is 1. The minimum absolute atomic E-state index is 0.109. The molecular formula is C23H32N2O2S. The Morgan fingerprint density at radius 3 is 2.18 bits per heavy atom. The Morgan fingerprint density at radius 1 is 1.11 bits per heavy atom. The van der Waals surface area contributed by atoms with Crippen LogP contribution in [0.15, 0.2) is 51.4 Å². The van der Waals surface area contributed by atoms with E-state index in [1.807, 2.05) is 19.1 Å². The molecule has 0 saturated heterocycles. The van der Waals surface area contributed by atoms with E-state index in [4.69, 9.17) is 0 Å². The van der Waals surface area contributed by atoms with Crippen molar-refractivity contribution in [2.75, 3.05) is 0 Å². The van der Waals surface area contributed by atoms with Crippen molar-refractivity contribution >= 4 is 9.84 Å². The molecule has 0 bridgehead atoms. The Hall–Kier alpha value is -2.06. The van der Waals surface area contributed by atoms with Crippen molar-refractivity contribution in [2.45, 2.75) is 83.7 Å². The number of allylic oxidation sites excluding steroid dienone is 4. The van der Waals surface area contributed by atoms with Crippen LogP contribution in [0, 0.1) is 18.3 Å². The van der Waals surface area contributed by atoms with Gasteiger partial charge in [-0.1, -0.05) is 31.5 Å². The normalized spacial score (nSPS) is 18.6. The molecule has 0 radical (unpaired) electrons. The predicted molar refractivity (Wildman–Crippen MR) is 114 cm³/mol. The largest absolute Gasteiger partial charge is 0.369 e. The summed E-state index contributed by atoms with van der Waals surface area (Å²) in [6.07, 6.45) is 6.40. The first kappa shape index (κ1) is 22.2. The zero-order valence-electron chi connectivity index (χ0n) is 17.7.